The van der Waals surface area contributed by atoms with E-state index >= 15 is 0 Å². The second-order valence-electron chi connectivity index (χ2n) is 5.56. The van der Waals surface area contributed by atoms with Crippen LogP contribution >= 0.6 is 0 Å². The predicted molar refractivity (Wildman–Crippen MR) is 71.2 cm³/mol. The van der Waals surface area contributed by atoms with Gasteiger partial charge in [-0.1, -0.05) is 31.9 Å². The van der Waals surface area contributed by atoms with Gasteiger partial charge in [-0.2, -0.15) is 0 Å². The number of hydrogen-bond acceptors (Lipinski definition) is 2. The van der Waals surface area contributed by atoms with Crippen molar-refractivity contribution in [2.75, 3.05) is 6.61 Å². The summed E-state index contributed by atoms with van der Waals surface area (Å²) in [7, 11) is 0. The van der Waals surface area contributed by atoms with E-state index in [9.17, 15) is 4.79 Å². The van der Waals surface area contributed by atoms with Crippen molar-refractivity contribution in [1.82, 2.24) is 0 Å². The number of hydrogen-bond donors (Lipinski definition) is 0. The standard InChI is InChI=1S/C16H20O2/c1-2-16(9-3-4-10-16)15(17)13-7-5-6-12-8-11-18-14(12)13/h5-7H,2-4,8-11H2,1H3. The molecule has 0 bridgehead atoms. The summed E-state index contributed by atoms with van der Waals surface area (Å²) in [6.07, 6.45) is 6.37. The fourth-order valence-corrected chi connectivity index (χ4v) is 3.47. The Kier molecular flexibility index (Phi) is 2.89. The van der Waals surface area contributed by atoms with Crippen LogP contribution < -0.4 is 4.74 Å². The highest BCUT2D eigenvalue weighted by Gasteiger charge is 2.41. The van der Waals surface area contributed by atoms with Gasteiger partial charge in [0.1, 0.15) is 5.75 Å². The number of fused-ring (bicyclic) bond motifs is 1. The van der Waals surface area contributed by atoms with Gasteiger partial charge in [-0.3, -0.25) is 4.79 Å². The number of carbonyl (C=O) groups excluding carboxylic acids is 1. The van der Waals surface area contributed by atoms with E-state index in [0.29, 0.717) is 5.78 Å². The second-order valence-corrected chi connectivity index (χ2v) is 5.56. The van der Waals surface area contributed by atoms with Crippen molar-refractivity contribution < 1.29 is 9.53 Å². The van der Waals surface area contributed by atoms with Crippen LogP contribution in [0.4, 0.5) is 0 Å². The molecule has 2 heteroatoms. The lowest BCUT2D eigenvalue weighted by molar-refractivity contribution is 0.0788. The summed E-state index contributed by atoms with van der Waals surface area (Å²) in [4.78, 5) is 12.9. The second kappa shape index (κ2) is 4.42. The lowest BCUT2D eigenvalue weighted by Gasteiger charge is -2.26. The van der Waals surface area contributed by atoms with Crippen molar-refractivity contribution in [3.05, 3.63) is 29.3 Å². The zero-order valence-electron chi connectivity index (χ0n) is 11.0. The predicted octanol–water partition coefficient (Wildman–Crippen LogP) is 3.77. The van der Waals surface area contributed by atoms with Crippen molar-refractivity contribution in [3.8, 4) is 5.75 Å². The molecule has 3 rings (SSSR count). The fourth-order valence-electron chi connectivity index (χ4n) is 3.47. The summed E-state index contributed by atoms with van der Waals surface area (Å²) in [5.41, 5.74) is 1.92. The monoisotopic (exact) mass is 244 g/mol. The summed E-state index contributed by atoms with van der Waals surface area (Å²) in [6.45, 7) is 2.87. The van der Waals surface area contributed by atoms with Crippen LogP contribution in [0.15, 0.2) is 18.2 Å². The molecule has 18 heavy (non-hydrogen) atoms. The number of para-hydroxylation sites is 1. The van der Waals surface area contributed by atoms with Gasteiger partial charge < -0.3 is 4.74 Å². The smallest absolute Gasteiger partial charge is 0.172 e. The van der Waals surface area contributed by atoms with Crippen LogP contribution in [0.1, 0.15) is 54.9 Å². The van der Waals surface area contributed by atoms with Gasteiger partial charge in [-0.25, -0.2) is 0 Å². The Morgan fingerprint density at radius 3 is 2.83 bits per heavy atom. The molecule has 2 aliphatic rings. The van der Waals surface area contributed by atoms with Crippen LogP contribution in [0.3, 0.4) is 0 Å². The Morgan fingerprint density at radius 2 is 2.11 bits per heavy atom. The summed E-state index contributed by atoms with van der Waals surface area (Å²) in [5.74, 6) is 1.18. The maximum Gasteiger partial charge on any atom is 0.172 e. The first-order valence-electron chi connectivity index (χ1n) is 7.06. The molecule has 0 aromatic heterocycles. The first kappa shape index (κ1) is 11.8. The average Bonchev–Trinajstić information content (AvgIpc) is 3.06. The molecular formula is C16H20O2. The highest BCUT2D eigenvalue weighted by atomic mass is 16.5. The number of benzene rings is 1. The van der Waals surface area contributed by atoms with Gasteiger partial charge in [-0.15, -0.1) is 0 Å². The molecule has 1 heterocycles. The summed E-state index contributed by atoms with van der Waals surface area (Å²) in [5, 5.41) is 0. The highest BCUT2D eigenvalue weighted by molar-refractivity contribution is 6.03. The molecule has 1 aliphatic heterocycles. The van der Waals surface area contributed by atoms with Crippen LogP contribution in [0.25, 0.3) is 0 Å². The van der Waals surface area contributed by atoms with Gasteiger partial charge >= 0.3 is 0 Å². The molecule has 0 radical (unpaired) electrons. The Morgan fingerprint density at radius 1 is 1.33 bits per heavy atom. The summed E-state index contributed by atoms with van der Waals surface area (Å²) in [6, 6.07) is 6.02. The molecule has 0 N–H and O–H groups in total. The van der Waals surface area contributed by atoms with Gasteiger partial charge in [0, 0.05) is 11.8 Å². The van der Waals surface area contributed by atoms with E-state index in [1.807, 2.05) is 12.1 Å². The maximum absolute atomic E-state index is 12.9. The van der Waals surface area contributed by atoms with E-state index in [2.05, 4.69) is 13.0 Å². The van der Waals surface area contributed by atoms with E-state index in [1.165, 1.54) is 18.4 Å². The van der Waals surface area contributed by atoms with E-state index < -0.39 is 0 Å². The van der Waals surface area contributed by atoms with Crippen molar-refractivity contribution in [3.63, 3.8) is 0 Å². The minimum Gasteiger partial charge on any atom is -0.492 e. The topological polar surface area (TPSA) is 26.3 Å². The lowest BCUT2D eigenvalue weighted by atomic mass is 9.76. The Hall–Kier alpha value is -1.31. The van der Waals surface area contributed by atoms with Gasteiger partial charge in [-0.05, 0) is 30.9 Å². The van der Waals surface area contributed by atoms with Gasteiger partial charge in [0.05, 0.1) is 12.2 Å². The molecule has 1 aliphatic carbocycles. The molecule has 0 spiro atoms. The van der Waals surface area contributed by atoms with Gasteiger partial charge in [0.15, 0.2) is 5.78 Å². The average molecular weight is 244 g/mol. The quantitative estimate of drug-likeness (QED) is 0.756. The third kappa shape index (κ3) is 1.66. The molecule has 96 valence electrons. The van der Waals surface area contributed by atoms with Crippen LogP contribution in [0.2, 0.25) is 0 Å². The minimum atomic E-state index is -0.110. The molecule has 0 amide bonds. The minimum absolute atomic E-state index is 0.110. The molecule has 1 fully saturated rings. The van der Waals surface area contributed by atoms with Crippen molar-refractivity contribution >= 4 is 5.78 Å². The molecule has 0 atom stereocenters. The number of Topliss-reactive ketones (excluding diaryl/α,β-unsaturated/α-hetero) is 1. The summed E-state index contributed by atoms with van der Waals surface area (Å²) >= 11 is 0. The first-order valence-corrected chi connectivity index (χ1v) is 7.06. The van der Waals surface area contributed by atoms with E-state index in [0.717, 1.165) is 43.6 Å². The van der Waals surface area contributed by atoms with E-state index in [-0.39, 0.29) is 5.41 Å². The third-order valence-corrected chi connectivity index (χ3v) is 4.68. The SMILES string of the molecule is CCC1(C(=O)c2cccc3c2OCC3)CCCC1. The summed E-state index contributed by atoms with van der Waals surface area (Å²) < 4.78 is 5.68. The molecular weight excluding hydrogens is 224 g/mol. The van der Waals surface area contributed by atoms with E-state index in [4.69, 9.17) is 4.74 Å². The first-order chi connectivity index (χ1) is 8.77. The van der Waals surface area contributed by atoms with Crippen molar-refractivity contribution in [2.24, 2.45) is 5.41 Å². The van der Waals surface area contributed by atoms with Crippen LogP contribution in [-0.2, 0) is 6.42 Å². The third-order valence-electron chi connectivity index (χ3n) is 4.68. The number of ether oxygens (including phenoxy) is 1. The molecule has 2 nitrogen and oxygen atoms in total. The zero-order chi connectivity index (χ0) is 12.6. The van der Waals surface area contributed by atoms with Crippen molar-refractivity contribution in [2.45, 2.75) is 45.4 Å². The molecule has 0 unspecified atom stereocenters. The molecule has 0 saturated heterocycles. The Balaban J connectivity index is 2.00. The van der Waals surface area contributed by atoms with Gasteiger partial charge in [0.25, 0.3) is 0 Å². The number of carbonyl (C=O) groups is 1. The normalized spacial score (nSPS) is 20.5. The van der Waals surface area contributed by atoms with Crippen LogP contribution in [-0.4, -0.2) is 12.4 Å². The Bertz CT molecular complexity index is 470. The van der Waals surface area contributed by atoms with Crippen molar-refractivity contribution in [1.29, 1.82) is 0 Å². The fraction of sp³-hybridized carbons (Fsp3) is 0.562. The molecule has 1 saturated carbocycles. The largest absolute Gasteiger partial charge is 0.492 e. The van der Waals surface area contributed by atoms with Crippen LogP contribution in [0, 0.1) is 5.41 Å². The zero-order valence-corrected chi connectivity index (χ0v) is 11.0. The van der Waals surface area contributed by atoms with Gasteiger partial charge in [0.2, 0.25) is 0 Å². The maximum atomic E-state index is 12.9. The number of ketones is 1. The number of rotatable bonds is 3. The molecule has 1 aromatic carbocycles. The van der Waals surface area contributed by atoms with E-state index in [1.54, 1.807) is 0 Å². The van der Waals surface area contributed by atoms with Crippen LogP contribution in [0.5, 0.6) is 5.75 Å². The lowest BCUT2D eigenvalue weighted by Crippen LogP contribution is -2.27. The Labute approximate surface area is 108 Å². The highest BCUT2D eigenvalue weighted by Crippen LogP contribution is 2.45. The molecule has 1 aromatic rings.